The first kappa shape index (κ1) is 10.5. The second kappa shape index (κ2) is 4.22. The largest absolute Gasteiger partial charge is 0.363 e. The standard InChI is InChI=1S/C11H14N4O/c1-15-9(13-11(14-15)10(12)16)7-8-5-3-2-4-6-8/h2-6,9H,7H2,1H3,(H2,12,16)(H,13,14). The molecule has 0 bridgehead atoms. The number of nitrogens with two attached hydrogens (primary N) is 1. The molecule has 0 spiro atoms. The van der Waals surface area contributed by atoms with E-state index < -0.39 is 5.91 Å². The lowest BCUT2D eigenvalue weighted by molar-refractivity contribution is -0.112. The van der Waals surface area contributed by atoms with Gasteiger partial charge in [-0.15, -0.1) is 0 Å². The van der Waals surface area contributed by atoms with Crippen LogP contribution < -0.4 is 11.1 Å². The van der Waals surface area contributed by atoms with Gasteiger partial charge in [-0.25, -0.2) is 0 Å². The summed E-state index contributed by atoms with van der Waals surface area (Å²) in [5, 5.41) is 8.74. The van der Waals surface area contributed by atoms with Crippen LogP contribution in [0.4, 0.5) is 0 Å². The zero-order valence-electron chi connectivity index (χ0n) is 9.05. The third kappa shape index (κ3) is 2.13. The number of hydrogen-bond acceptors (Lipinski definition) is 4. The molecule has 0 saturated carbocycles. The van der Waals surface area contributed by atoms with Crippen LogP contribution in [-0.2, 0) is 11.2 Å². The van der Waals surface area contributed by atoms with Crippen molar-refractivity contribution in [3.63, 3.8) is 0 Å². The predicted molar refractivity (Wildman–Crippen MR) is 61.5 cm³/mol. The number of hydrazone groups is 1. The highest BCUT2D eigenvalue weighted by Crippen LogP contribution is 2.09. The average Bonchev–Trinajstić information content (AvgIpc) is 2.62. The molecule has 1 amide bonds. The zero-order valence-corrected chi connectivity index (χ0v) is 9.05. The number of rotatable bonds is 3. The first-order valence-electron chi connectivity index (χ1n) is 5.08. The normalized spacial score (nSPS) is 19.2. The number of nitrogens with one attached hydrogen (secondary N) is 1. The van der Waals surface area contributed by atoms with Crippen LogP contribution >= 0.6 is 0 Å². The molecule has 3 N–H and O–H groups in total. The molecule has 0 aliphatic carbocycles. The number of likely N-dealkylation sites (N-methyl/N-ethyl adjacent to an activating group) is 1. The summed E-state index contributed by atoms with van der Waals surface area (Å²) in [7, 11) is 1.82. The molecule has 0 radical (unpaired) electrons. The summed E-state index contributed by atoms with van der Waals surface area (Å²) in [5.74, 6) is -0.300. The first-order valence-corrected chi connectivity index (χ1v) is 5.08. The predicted octanol–water partition coefficient (Wildman–Crippen LogP) is -0.111. The second-order valence-electron chi connectivity index (χ2n) is 3.74. The van der Waals surface area contributed by atoms with E-state index >= 15 is 0 Å². The Balaban J connectivity index is 2.02. The quantitative estimate of drug-likeness (QED) is 0.743. The van der Waals surface area contributed by atoms with Gasteiger partial charge in [-0.3, -0.25) is 9.80 Å². The molecule has 1 aromatic carbocycles. The molecule has 84 valence electrons. The van der Waals surface area contributed by atoms with Crippen LogP contribution in [-0.4, -0.2) is 30.0 Å². The lowest BCUT2D eigenvalue weighted by Crippen LogP contribution is -2.42. The van der Waals surface area contributed by atoms with E-state index in [-0.39, 0.29) is 12.0 Å². The number of benzene rings is 1. The summed E-state index contributed by atoms with van der Waals surface area (Å²) in [6, 6.07) is 10.0. The molecule has 1 atom stereocenters. The van der Waals surface area contributed by atoms with Crippen LogP contribution in [0, 0.1) is 0 Å². The van der Waals surface area contributed by atoms with E-state index in [1.165, 1.54) is 5.56 Å². The van der Waals surface area contributed by atoms with Gasteiger partial charge < -0.3 is 11.1 Å². The topological polar surface area (TPSA) is 70.7 Å². The number of hydrogen-bond donors (Lipinski definition) is 2. The summed E-state index contributed by atoms with van der Waals surface area (Å²) in [4.78, 5) is 10.9. The molecule has 5 nitrogen and oxygen atoms in total. The molecule has 1 aliphatic rings. The van der Waals surface area contributed by atoms with Crippen LogP contribution in [0.25, 0.3) is 0 Å². The van der Waals surface area contributed by atoms with Gasteiger partial charge in [0.2, 0.25) is 5.84 Å². The highest BCUT2D eigenvalue weighted by atomic mass is 16.1. The van der Waals surface area contributed by atoms with Gasteiger partial charge in [0.15, 0.2) is 0 Å². The highest BCUT2D eigenvalue weighted by molar-refractivity contribution is 6.37. The molecular weight excluding hydrogens is 204 g/mol. The van der Waals surface area contributed by atoms with E-state index in [9.17, 15) is 4.79 Å². The Kier molecular flexibility index (Phi) is 2.76. The van der Waals surface area contributed by atoms with Crippen LogP contribution in [0.3, 0.4) is 0 Å². The monoisotopic (exact) mass is 218 g/mol. The Morgan fingerprint density at radius 3 is 2.75 bits per heavy atom. The molecule has 16 heavy (non-hydrogen) atoms. The third-order valence-electron chi connectivity index (χ3n) is 2.52. The van der Waals surface area contributed by atoms with Crippen LogP contribution in [0.2, 0.25) is 0 Å². The molecule has 0 saturated heterocycles. The minimum absolute atomic E-state index is 0.00935. The smallest absolute Gasteiger partial charge is 0.286 e. The second-order valence-corrected chi connectivity index (χ2v) is 3.74. The lowest BCUT2D eigenvalue weighted by Gasteiger charge is -2.18. The van der Waals surface area contributed by atoms with E-state index in [0.29, 0.717) is 0 Å². The Bertz CT molecular complexity index is 415. The minimum Gasteiger partial charge on any atom is -0.363 e. The highest BCUT2D eigenvalue weighted by Gasteiger charge is 2.25. The van der Waals surface area contributed by atoms with Gasteiger partial charge in [-0.2, -0.15) is 5.10 Å². The third-order valence-corrected chi connectivity index (χ3v) is 2.52. The van der Waals surface area contributed by atoms with Crippen molar-refractivity contribution in [2.45, 2.75) is 12.6 Å². The fourth-order valence-electron chi connectivity index (χ4n) is 1.65. The Hall–Kier alpha value is -2.04. The van der Waals surface area contributed by atoms with E-state index in [1.54, 1.807) is 5.01 Å². The Labute approximate surface area is 93.9 Å². The molecular formula is C11H14N4O. The van der Waals surface area contributed by atoms with Crippen molar-refractivity contribution >= 4 is 11.7 Å². The van der Waals surface area contributed by atoms with E-state index in [2.05, 4.69) is 10.4 Å². The van der Waals surface area contributed by atoms with Crippen molar-refractivity contribution in [3.8, 4) is 0 Å². The summed E-state index contributed by atoms with van der Waals surface area (Å²) in [6.07, 6.45) is 0.766. The van der Waals surface area contributed by atoms with Crippen LogP contribution in [0.1, 0.15) is 5.56 Å². The van der Waals surface area contributed by atoms with Crippen LogP contribution in [0.5, 0.6) is 0 Å². The number of nitrogens with zero attached hydrogens (tertiary/aromatic N) is 2. The summed E-state index contributed by atoms with van der Waals surface area (Å²) in [5.41, 5.74) is 6.34. The number of amidine groups is 1. The fourth-order valence-corrected chi connectivity index (χ4v) is 1.65. The van der Waals surface area contributed by atoms with Gasteiger partial charge >= 0.3 is 0 Å². The van der Waals surface area contributed by atoms with Gasteiger partial charge in [0, 0.05) is 13.5 Å². The maximum absolute atomic E-state index is 10.9. The average molecular weight is 218 g/mol. The first-order chi connectivity index (χ1) is 7.66. The molecule has 1 heterocycles. The summed E-state index contributed by atoms with van der Waals surface area (Å²) >= 11 is 0. The maximum atomic E-state index is 10.9. The van der Waals surface area contributed by atoms with Crippen molar-refractivity contribution in [1.82, 2.24) is 10.3 Å². The molecule has 5 heteroatoms. The fraction of sp³-hybridized carbons (Fsp3) is 0.273. The SMILES string of the molecule is CN1N=C(C(N)=O)NC1Cc1ccccc1. The van der Waals surface area contributed by atoms with Gasteiger partial charge in [-0.05, 0) is 5.56 Å². The minimum atomic E-state index is -0.526. The molecule has 0 aromatic heterocycles. The molecule has 1 unspecified atom stereocenters. The van der Waals surface area contributed by atoms with Crippen molar-refractivity contribution < 1.29 is 4.79 Å². The summed E-state index contributed by atoms with van der Waals surface area (Å²) in [6.45, 7) is 0. The van der Waals surface area contributed by atoms with Gasteiger partial charge in [0.05, 0.1) is 0 Å². The van der Waals surface area contributed by atoms with E-state index in [1.807, 2.05) is 37.4 Å². The van der Waals surface area contributed by atoms with Gasteiger partial charge in [-0.1, -0.05) is 30.3 Å². The Morgan fingerprint density at radius 1 is 1.50 bits per heavy atom. The van der Waals surface area contributed by atoms with Crippen molar-refractivity contribution in [2.75, 3.05) is 7.05 Å². The molecule has 2 rings (SSSR count). The van der Waals surface area contributed by atoms with Crippen molar-refractivity contribution in [3.05, 3.63) is 35.9 Å². The van der Waals surface area contributed by atoms with E-state index in [0.717, 1.165) is 6.42 Å². The van der Waals surface area contributed by atoms with E-state index in [4.69, 9.17) is 5.73 Å². The maximum Gasteiger partial charge on any atom is 0.286 e. The van der Waals surface area contributed by atoms with Gasteiger partial charge in [0.1, 0.15) is 6.17 Å². The lowest BCUT2D eigenvalue weighted by atomic mass is 10.1. The Morgan fingerprint density at radius 2 is 2.19 bits per heavy atom. The molecule has 1 aliphatic heterocycles. The zero-order chi connectivity index (χ0) is 11.5. The number of amides is 1. The number of primary amides is 1. The van der Waals surface area contributed by atoms with Gasteiger partial charge in [0.25, 0.3) is 5.91 Å². The molecule has 1 aromatic rings. The number of carbonyl (C=O) groups is 1. The number of carbonyl (C=O) groups excluding carboxylic acids is 1. The molecule has 0 fully saturated rings. The summed E-state index contributed by atoms with van der Waals surface area (Å²) < 4.78 is 0. The van der Waals surface area contributed by atoms with Crippen LogP contribution in [0.15, 0.2) is 35.4 Å². The van der Waals surface area contributed by atoms with Crippen molar-refractivity contribution in [2.24, 2.45) is 10.8 Å². The van der Waals surface area contributed by atoms with Crippen molar-refractivity contribution in [1.29, 1.82) is 0 Å².